The van der Waals surface area contributed by atoms with Crippen LogP contribution in [-0.4, -0.2) is 149 Å². The third-order valence-electron chi connectivity index (χ3n) is 10.5. The molecule has 2 aromatic rings. The number of benzene rings is 1. The number of aliphatic imine (C=N–C) groups is 1. The number of ether oxygens (including phenoxy) is 3. The van der Waals surface area contributed by atoms with Crippen LogP contribution < -0.4 is 15.8 Å². The van der Waals surface area contributed by atoms with Gasteiger partial charge in [-0.2, -0.15) is 0 Å². The molecule has 0 bridgehead atoms. The number of allylic oxidation sites excluding steroid dienone is 4. The molecular weight excluding hydrogens is 845 g/mol. The Kier molecular flexibility index (Phi) is 18.3. The first kappa shape index (κ1) is 49.6. The number of ketones is 2. The summed E-state index contributed by atoms with van der Waals surface area (Å²) < 4.78 is 17.7. The second-order valence-corrected chi connectivity index (χ2v) is 17.7. The highest BCUT2D eigenvalue weighted by Gasteiger charge is 2.39. The summed E-state index contributed by atoms with van der Waals surface area (Å²) >= 11 is 2.62. The van der Waals surface area contributed by atoms with Gasteiger partial charge >= 0.3 is 18.0 Å². The average Bonchev–Trinajstić information content (AvgIpc) is 3.89. The summed E-state index contributed by atoms with van der Waals surface area (Å²) in [7, 11) is 1.60. The van der Waals surface area contributed by atoms with Crippen LogP contribution in [-0.2, 0) is 38.2 Å². The first-order valence-electron chi connectivity index (χ1n) is 20.2. The Hall–Kier alpha value is -5.02. The van der Waals surface area contributed by atoms with E-state index in [2.05, 4.69) is 15.3 Å². The molecule has 0 radical (unpaired) electrons. The number of carbonyl (C=O) groups excluding carboxylic acids is 5. The number of hydrogen-bond acceptors (Lipinski definition) is 15. The molecule has 2 aliphatic rings. The molecule has 0 fully saturated rings. The number of carboxylic acids is 2. The van der Waals surface area contributed by atoms with Gasteiger partial charge in [0.25, 0.3) is 0 Å². The number of aromatic nitrogens is 1. The van der Waals surface area contributed by atoms with Crippen LogP contribution in [0.15, 0.2) is 45.5 Å². The molecule has 20 heteroatoms. The average molecular weight is 901 g/mol. The second-order valence-electron chi connectivity index (χ2n) is 15.7. The number of aliphatic carboxylic acids is 2. The third kappa shape index (κ3) is 13.7. The largest absolute Gasteiger partial charge is 0.480 e. The van der Waals surface area contributed by atoms with Crippen molar-refractivity contribution in [3.8, 4) is 5.75 Å². The molecule has 1 aliphatic heterocycles. The van der Waals surface area contributed by atoms with E-state index in [9.17, 15) is 38.7 Å². The predicted octanol–water partition coefficient (Wildman–Crippen LogP) is 3.84. The summed E-state index contributed by atoms with van der Waals surface area (Å²) in [4.78, 5) is 99.3. The first-order chi connectivity index (χ1) is 29.3. The Morgan fingerprint density at radius 1 is 0.952 bits per heavy atom. The normalized spacial score (nSPS) is 16.1. The number of thiazole rings is 1. The van der Waals surface area contributed by atoms with E-state index in [1.165, 1.54) is 32.9 Å². The number of hydrogen-bond donors (Lipinski definition) is 4. The van der Waals surface area contributed by atoms with Gasteiger partial charge < -0.3 is 45.3 Å². The van der Waals surface area contributed by atoms with Crippen LogP contribution in [0.4, 0.5) is 4.79 Å². The van der Waals surface area contributed by atoms with Crippen LogP contribution in [0.25, 0.3) is 10.2 Å². The van der Waals surface area contributed by atoms with E-state index in [0.717, 1.165) is 0 Å². The van der Waals surface area contributed by atoms with Crippen molar-refractivity contribution in [2.45, 2.75) is 78.8 Å². The van der Waals surface area contributed by atoms with Crippen LogP contribution in [0.2, 0.25) is 0 Å². The van der Waals surface area contributed by atoms with Gasteiger partial charge in [-0.3, -0.25) is 29.0 Å². The van der Waals surface area contributed by atoms with Crippen molar-refractivity contribution in [1.82, 2.24) is 20.1 Å². The molecule has 1 aliphatic carbocycles. The molecule has 5 N–H and O–H groups in total. The maximum atomic E-state index is 13.7. The highest BCUT2D eigenvalue weighted by molar-refractivity contribution is 8.15. The molecule has 0 spiro atoms. The maximum Gasteiger partial charge on any atom is 0.415 e. The van der Waals surface area contributed by atoms with E-state index in [1.54, 1.807) is 59.9 Å². The lowest BCUT2D eigenvalue weighted by Gasteiger charge is -2.33. The van der Waals surface area contributed by atoms with Gasteiger partial charge in [-0.25, -0.2) is 14.6 Å². The van der Waals surface area contributed by atoms with Crippen LogP contribution in [0.3, 0.4) is 0 Å². The SMILES string of the molecule is CC1=C(C)C(=O)C(C(C)(C)CC(=O)N(C)CCN(CCOCCOCCC(=O)NCCCCC(N)C(=O)O)C(=O)Oc2ccc3nc(C4=NC(C(=O)O)CS4)sc3c2)=C(C)C1=O. The number of likely N-dealkylation sites (N-methyl/N-ethyl adjacent to an activating group) is 1. The molecule has 18 nitrogen and oxygen atoms in total. The Morgan fingerprint density at radius 2 is 1.65 bits per heavy atom. The lowest BCUT2D eigenvalue weighted by atomic mass is 9.71. The van der Waals surface area contributed by atoms with Gasteiger partial charge in [0, 0.05) is 85.6 Å². The quantitative estimate of drug-likeness (QED) is 0.0862. The van der Waals surface area contributed by atoms with E-state index in [0.29, 0.717) is 74.1 Å². The number of carbonyl (C=O) groups is 7. The number of nitrogens with zero attached hydrogens (tertiary/aromatic N) is 4. The summed E-state index contributed by atoms with van der Waals surface area (Å²) in [5, 5.41) is 22.0. The Balaban J connectivity index is 1.32. The molecule has 3 amide bonds. The van der Waals surface area contributed by atoms with Crippen molar-refractivity contribution in [3.63, 3.8) is 0 Å². The molecule has 62 heavy (non-hydrogen) atoms. The number of rotatable bonds is 24. The number of amides is 3. The maximum absolute atomic E-state index is 13.7. The third-order valence-corrected chi connectivity index (χ3v) is 12.7. The zero-order valence-electron chi connectivity index (χ0n) is 35.9. The van der Waals surface area contributed by atoms with Crippen molar-refractivity contribution in [2.75, 3.05) is 65.4 Å². The van der Waals surface area contributed by atoms with E-state index >= 15 is 0 Å². The number of nitrogens with two attached hydrogens (primary N) is 1. The Morgan fingerprint density at radius 3 is 2.32 bits per heavy atom. The summed E-state index contributed by atoms with van der Waals surface area (Å²) in [6.07, 6.45) is 0.886. The lowest BCUT2D eigenvalue weighted by Crippen LogP contribution is -2.43. The topological polar surface area (TPSA) is 257 Å². The lowest BCUT2D eigenvalue weighted by molar-refractivity contribution is -0.139. The van der Waals surface area contributed by atoms with Crippen LogP contribution in [0.1, 0.15) is 71.7 Å². The van der Waals surface area contributed by atoms with Crippen molar-refractivity contribution in [2.24, 2.45) is 16.1 Å². The van der Waals surface area contributed by atoms with Crippen molar-refractivity contribution in [3.05, 3.63) is 45.5 Å². The number of thioether (sulfide) groups is 1. The Bertz CT molecular complexity index is 2130. The fourth-order valence-electron chi connectivity index (χ4n) is 6.63. The van der Waals surface area contributed by atoms with E-state index in [4.69, 9.17) is 25.1 Å². The highest BCUT2D eigenvalue weighted by atomic mass is 32.2. The van der Waals surface area contributed by atoms with E-state index in [1.807, 2.05) is 0 Å². The second kappa shape index (κ2) is 22.9. The van der Waals surface area contributed by atoms with Crippen molar-refractivity contribution in [1.29, 1.82) is 0 Å². The molecule has 0 saturated carbocycles. The predicted molar refractivity (Wildman–Crippen MR) is 233 cm³/mol. The number of fused-ring (bicyclic) bond motifs is 1. The van der Waals surface area contributed by atoms with E-state index < -0.39 is 35.5 Å². The molecule has 2 unspecified atom stereocenters. The zero-order chi connectivity index (χ0) is 45.7. The van der Waals surface area contributed by atoms with Gasteiger partial charge in [-0.15, -0.1) is 23.1 Å². The van der Waals surface area contributed by atoms with Gasteiger partial charge in [-0.1, -0.05) is 13.8 Å². The fourth-order valence-corrected chi connectivity index (χ4v) is 8.72. The summed E-state index contributed by atoms with van der Waals surface area (Å²) in [6, 6.07) is 3.21. The molecule has 2 atom stereocenters. The molecule has 1 aromatic heterocycles. The number of unbranched alkanes of at least 4 members (excludes halogenated alkanes) is 1. The van der Waals surface area contributed by atoms with Crippen molar-refractivity contribution < 1.29 is 58.0 Å². The summed E-state index contributed by atoms with van der Waals surface area (Å²) in [5.74, 6) is -2.44. The van der Waals surface area contributed by atoms with Crippen LogP contribution >= 0.6 is 23.1 Å². The smallest absolute Gasteiger partial charge is 0.415 e. The minimum atomic E-state index is -1.05. The van der Waals surface area contributed by atoms with E-state index in [-0.39, 0.29) is 88.0 Å². The monoisotopic (exact) mass is 900 g/mol. The summed E-state index contributed by atoms with van der Waals surface area (Å²) in [6.45, 7) is 9.67. The number of Topliss-reactive ketones (excluding diaryl/α,β-unsaturated/α-hetero) is 2. The minimum absolute atomic E-state index is 0.0563. The van der Waals surface area contributed by atoms with Gasteiger partial charge in [0.2, 0.25) is 11.8 Å². The number of nitrogens with one attached hydrogen (secondary N) is 1. The highest BCUT2D eigenvalue weighted by Crippen LogP contribution is 2.39. The molecular formula is C42H56N6O12S2. The fraction of sp³-hybridized carbons (Fsp3) is 0.548. The van der Waals surface area contributed by atoms with Gasteiger partial charge in [0.05, 0.1) is 36.6 Å². The van der Waals surface area contributed by atoms with Gasteiger partial charge in [-0.05, 0) is 52.2 Å². The minimum Gasteiger partial charge on any atom is -0.480 e. The van der Waals surface area contributed by atoms with Crippen LogP contribution in [0, 0.1) is 5.41 Å². The molecule has 1 aromatic carbocycles. The molecule has 0 saturated heterocycles. The van der Waals surface area contributed by atoms with Gasteiger partial charge in [0.1, 0.15) is 21.8 Å². The molecule has 4 rings (SSSR count). The summed E-state index contributed by atoms with van der Waals surface area (Å²) in [5.41, 5.74) is 6.58. The number of carboxylic acid groups (broad SMARTS) is 2. The van der Waals surface area contributed by atoms with Crippen LogP contribution in [0.5, 0.6) is 5.75 Å². The Labute approximate surface area is 368 Å². The molecule has 2 heterocycles. The molecule has 338 valence electrons. The zero-order valence-corrected chi connectivity index (χ0v) is 37.6. The standard InChI is InChI=1S/C42H56N6O12S2/c1-24-25(2)36(52)34(26(3)35(24)51)42(4,5)22-33(50)47(6)14-15-48(16-18-59-20-19-58-17-12-32(49)44-13-8-7-9-28(43)39(53)54)41(57)60-27-10-11-29-31(21-27)62-38(45-29)37-46-30(23-61-37)40(55)56/h10-11,21,28,30H,7-9,12-20,22-23,43H2,1-6H3,(H,44,49)(H,53,54)(H,55,56). The van der Waals surface area contributed by atoms with Crippen molar-refractivity contribution >= 4 is 79.8 Å². The van der Waals surface area contributed by atoms with Gasteiger partial charge in [0.15, 0.2) is 17.6 Å². The first-order valence-corrected chi connectivity index (χ1v) is 22.0.